The average molecular weight is 188 g/mol. The predicted molar refractivity (Wildman–Crippen MR) is 43.2 cm³/mol. The Bertz CT molecular complexity index is 281. The van der Waals surface area contributed by atoms with Crippen molar-refractivity contribution in [1.82, 2.24) is 4.98 Å². The van der Waals surface area contributed by atoms with E-state index in [2.05, 4.69) is 4.98 Å². The van der Waals surface area contributed by atoms with Crippen LogP contribution >= 0.6 is 0 Å². The Balaban J connectivity index is 2.91. The van der Waals surface area contributed by atoms with E-state index >= 15 is 0 Å². The van der Waals surface area contributed by atoms with Crippen LogP contribution in [0.15, 0.2) is 18.5 Å². The first-order valence-corrected chi connectivity index (χ1v) is 3.74. The van der Waals surface area contributed by atoms with Crippen molar-refractivity contribution < 1.29 is 13.9 Å². The van der Waals surface area contributed by atoms with Gasteiger partial charge >= 0.3 is 0 Å². The zero-order valence-electron chi connectivity index (χ0n) is 6.82. The maximum absolute atomic E-state index is 12.2. The van der Waals surface area contributed by atoms with E-state index in [-0.39, 0.29) is 12.2 Å². The molecule has 5 heteroatoms. The fourth-order valence-electron chi connectivity index (χ4n) is 0.904. The van der Waals surface area contributed by atoms with Gasteiger partial charge in [-0.3, -0.25) is 4.98 Å². The Hall–Kier alpha value is -1.07. The molecule has 72 valence electrons. The summed E-state index contributed by atoms with van der Waals surface area (Å²) in [4.78, 5) is 3.60. The molecule has 3 N–H and O–H groups in total. The highest BCUT2D eigenvalue weighted by Crippen LogP contribution is 2.20. The molecule has 0 amide bonds. The molecule has 0 aromatic carbocycles. The fraction of sp³-hybridized carbons (Fsp3) is 0.375. The predicted octanol–water partition coefficient (Wildman–Crippen LogP) is 1.01. The van der Waals surface area contributed by atoms with Gasteiger partial charge in [0.25, 0.3) is 6.43 Å². The minimum Gasteiger partial charge on any atom is -0.394 e. The lowest BCUT2D eigenvalue weighted by molar-refractivity contribution is 0.150. The number of hydrogen-bond donors (Lipinski definition) is 2. The molecule has 1 heterocycles. The van der Waals surface area contributed by atoms with Crippen LogP contribution in [0.1, 0.15) is 23.6 Å². The summed E-state index contributed by atoms with van der Waals surface area (Å²) in [5.41, 5.74) is 5.67. The van der Waals surface area contributed by atoms with Crippen molar-refractivity contribution in [2.45, 2.75) is 12.5 Å². The van der Waals surface area contributed by atoms with Gasteiger partial charge in [0.05, 0.1) is 12.6 Å². The van der Waals surface area contributed by atoms with E-state index in [0.29, 0.717) is 5.56 Å². The van der Waals surface area contributed by atoms with Gasteiger partial charge in [0.15, 0.2) is 0 Å². The quantitative estimate of drug-likeness (QED) is 0.744. The fourth-order valence-corrected chi connectivity index (χ4v) is 0.904. The van der Waals surface area contributed by atoms with Crippen molar-refractivity contribution in [3.8, 4) is 0 Å². The molecule has 0 aliphatic carbocycles. The number of nitrogens with two attached hydrogens (primary N) is 1. The molecule has 3 nitrogen and oxygen atoms in total. The summed E-state index contributed by atoms with van der Waals surface area (Å²) in [6.07, 6.45) is -0.108. The van der Waals surface area contributed by atoms with Crippen LogP contribution in [0.4, 0.5) is 8.78 Å². The first-order valence-electron chi connectivity index (χ1n) is 3.74. The third kappa shape index (κ3) is 2.43. The van der Waals surface area contributed by atoms with Gasteiger partial charge < -0.3 is 10.8 Å². The highest BCUT2D eigenvalue weighted by Gasteiger charge is 2.10. The lowest BCUT2D eigenvalue weighted by atomic mass is 10.1. The second kappa shape index (κ2) is 4.25. The summed E-state index contributed by atoms with van der Waals surface area (Å²) in [5, 5.41) is 8.68. The van der Waals surface area contributed by atoms with Crippen LogP contribution in [0.25, 0.3) is 0 Å². The SMILES string of the molecule is NC(CO)c1cncc(C(F)F)c1. The van der Waals surface area contributed by atoms with Crippen molar-refractivity contribution in [1.29, 1.82) is 0 Å². The van der Waals surface area contributed by atoms with E-state index in [4.69, 9.17) is 10.8 Å². The molecular weight excluding hydrogens is 178 g/mol. The third-order valence-electron chi connectivity index (χ3n) is 1.66. The third-order valence-corrected chi connectivity index (χ3v) is 1.66. The molecule has 1 aromatic rings. The average Bonchev–Trinajstić information content (AvgIpc) is 2.17. The van der Waals surface area contributed by atoms with Crippen LogP contribution in [-0.4, -0.2) is 16.7 Å². The summed E-state index contributed by atoms with van der Waals surface area (Å²) < 4.78 is 24.3. The number of aromatic nitrogens is 1. The molecule has 0 bridgehead atoms. The van der Waals surface area contributed by atoms with Crippen molar-refractivity contribution in [2.24, 2.45) is 5.73 Å². The van der Waals surface area contributed by atoms with Gasteiger partial charge in [-0.1, -0.05) is 0 Å². The van der Waals surface area contributed by atoms with Gasteiger partial charge in [-0.15, -0.1) is 0 Å². The van der Waals surface area contributed by atoms with Crippen molar-refractivity contribution in [3.63, 3.8) is 0 Å². The molecule has 0 fully saturated rings. The molecule has 1 unspecified atom stereocenters. The van der Waals surface area contributed by atoms with Gasteiger partial charge in [0.2, 0.25) is 0 Å². The number of halogens is 2. The number of alkyl halides is 2. The van der Waals surface area contributed by atoms with Crippen LogP contribution in [0.2, 0.25) is 0 Å². The molecular formula is C8H10F2N2O. The minimum atomic E-state index is -2.56. The molecule has 0 aliphatic heterocycles. The van der Waals surface area contributed by atoms with E-state index in [0.717, 1.165) is 6.20 Å². The van der Waals surface area contributed by atoms with Crippen LogP contribution in [0.3, 0.4) is 0 Å². The Morgan fingerprint density at radius 3 is 2.54 bits per heavy atom. The summed E-state index contributed by atoms with van der Waals surface area (Å²) in [5.74, 6) is 0. The standard InChI is InChI=1S/C8H10F2N2O/c9-8(10)6-1-5(2-12-3-6)7(11)4-13/h1-3,7-8,13H,4,11H2. The van der Waals surface area contributed by atoms with Crippen LogP contribution in [-0.2, 0) is 0 Å². The first-order chi connectivity index (χ1) is 6.15. The second-order valence-corrected chi connectivity index (χ2v) is 2.64. The summed E-state index contributed by atoms with van der Waals surface area (Å²) >= 11 is 0. The molecule has 0 spiro atoms. The molecule has 0 saturated carbocycles. The monoisotopic (exact) mass is 188 g/mol. The Kier molecular flexibility index (Phi) is 3.27. The van der Waals surface area contributed by atoms with E-state index in [1.54, 1.807) is 0 Å². The van der Waals surface area contributed by atoms with Gasteiger partial charge in [-0.2, -0.15) is 0 Å². The Labute approximate surface area is 74.2 Å². The van der Waals surface area contributed by atoms with Crippen LogP contribution in [0.5, 0.6) is 0 Å². The van der Waals surface area contributed by atoms with Crippen LogP contribution in [0, 0.1) is 0 Å². The van der Waals surface area contributed by atoms with E-state index in [9.17, 15) is 8.78 Å². The lowest BCUT2D eigenvalue weighted by Crippen LogP contribution is -2.14. The van der Waals surface area contributed by atoms with Gasteiger partial charge in [-0.05, 0) is 11.6 Å². The minimum absolute atomic E-state index is 0.179. The first kappa shape index (κ1) is 10.0. The number of aliphatic hydroxyl groups is 1. The maximum Gasteiger partial charge on any atom is 0.265 e. The molecule has 1 aromatic heterocycles. The largest absolute Gasteiger partial charge is 0.394 e. The number of pyridine rings is 1. The smallest absolute Gasteiger partial charge is 0.265 e. The van der Waals surface area contributed by atoms with Crippen molar-refractivity contribution >= 4 is 0 Å². The van der Waals surface area contributed by atoms with Crippen molar-refractivity contribution in [2.75, 3.05) is 6.61 Å². The van der Waals surface area contributed by atoms with Gasteiger partial charge in [0.1, 0.15) is 0 Å². The molecule has 13 heavy (non-hydrogen) atoms. The highest BCUT2D eigenvalue weighted by atomic mass is 19.3. The zero-order chi connectivity index (χ0) is 9.84. The van der Waals surface area contributed by atoms with E-state index in [1.165, 1.54) is 12.3 Å². The molecule has 0 radical (unpaired) electrons. The Morgan fingerprint density at radius 2 is 2.00 bits per heavy atom. The van der Waals surface area contributed by atoms with E-state index < -0.39 is 12.5 Å². The lowest BCUT2D eigenvalue weighted by Gasteiger charge is -2.08. The Morgan fingerprint density at radius 1 is 1.38 bits per heavy atom. The number of rotatable bonds is 3. The highest BCUT2D eigenvalue weighted by molar-refractivity contribution is 5.21. The number of hydrogen-bond acceptors (Lipinski definition) is 3. The molecule has 1 atom stereocenters. The van der Waals surface area contributed by atoms with Crippen LogP contribution < -0.4 is 5.73 Å². The van der Waals surface area contributed by atoms with Gasteiger partial charge in [-0.25, -0.2) is 8.78 Å². The molecule has 1 rings (SSSR count). The molecule has 0 saturated heterocycles. The summed E-state index contributed by atoms with van der Waals surface area (Å²) in [7, 11) is 0. The summed E-state index contributed by atoms with van der Waals surface area (Å²) in [6, 6.07) is 0.602. The normalized spacial score (nSPS) is 13.3. The van der Waals surface area contributed by atoms with E-state index in [1.807, 2.05) is 0 Å². The maximum atomic E-state index is 12.2. The number of aliphatic hydroxyl groups excluding tert-OH is 1. The molecule has 0 aliphatic rings. The zero-order valence-corrected chi connectivity index (χ0v) is 6.82. The number of nitrogens with zero attached hydrogens (tertiary/aromatic N) is 1. The van der Waals surface area contributed by atoms with Crippen molar-refractivity contribution in [3.05, 3.63) is 29.6 Å². The second-order valence-electron chi connectivity index (χ2n) is 2.64. The van der Waals surface area contributed by atoms with Gasteiger partial charge in [0, 0.05) is 18.0 Å². The topological polar surface area (TPSA) is 59.1 Å². The summed E-state index contributed by atoms with van der Waals surface area (Å²) in [6.45, 7) is -0.283.